The van der Waals surface area contributed by atoms with Gasteiger partial charge in [0.15, 0.2) is 0 Å². The Labute approximate surface area is 105 Å². The van der Waals surface area contributed by atoms with Crippen LogP contribution in [0.25, 0.3) is 0 Å². The molecule has 0 bridgehead atoms. The van der Waals surface area contributed by atoms with Crippen LogP contribution in [0.3, 0.4) is 0 Å². The van der Waals surface area contributed by atoms with Crippen molar-refractivity contribution in [1.82, 2.24) is 5.32 Å². The van der Waals surface area contributed by atoms with E-state index in [0.29, 0.717) is 11.5 Å². The van der Waals surface area contributed by atoms with Crippen molar-refractivity contribution in [2.75, 3.05) is 7.05 Å². The van der Waals surface area contributed by atoms with Gasteiger partial charge in [-0.15, -0.1) is 0 Å². The lowest BCUT2D eigenvalue weighted by atomic mass is 9.79. The van der Waals surface area contributed by atoms with E-state index in [-0.39, 0.29) is 0 Å². The lowest BCUT2D eigenvalue weighted by molar-refractivity contribution is 0.387. The summed E-state index contributed by atoms with van der Waals surface area (Å²) < 4.78 is 0. The molecule has 0 radical (unpaired) electrons. The minimum atomic E-state index is 0.507. The SMILES string of the molecule is CNC(c1cccc(C2CCC2)c1)C1(C)CC1. The Morgan fingerprint density at radius 1 is 1.29 bits per heavy atom. The Morgan fingerprint density at radius 3 is 2.59 bits per heavy atom. The maximum absolute atomic E-state index is 3.52. The molecule has 1 unspecified atom stereocenters. The predicted molar refractivity (Wildman–Crippen MR) is 72.2 cm³/mol. The molecule has 0 heterocycles. The molecule has 1 aromatic rings. The van der Waals surface area contributed by atoms with E-state index in [1.807, 2.05) is 0 Å². The second-order valence-electron chi connectivity index (χ2n) is 6.17. The molecule has 0 aliphatic heterocycles. The molecule has 17 heavy (non-hydrogen) atoms. The van der Waals surface area contributed by atoms with Gasteiger partial charge in [0.05, 0.1) is 0 Å². The summed E-state index contributed by atoms with van der Waals surface area (Å²) in [7, 11) is 2.10. The van der Waals surface area contributed by atoms with Crippen molar-refractivity contribution >= 4 is 0 Å². The normalized spacial score (nSPS) is 24.1. The van der Waals surface area contributed by atoms with Crippen molar-refractivity contribution in [3.63, 3.8) is 0 Å². The molecule has 0 spiro atoms. The first-order valence-corrected chi connectivity index (χ1v) is 7.00. The molecule has 2 aliphatic carbocycles. The smallest absolute Gasteiger partial charge is 0.0372 e. The Morgan fingerprint density at radius 2 is 2.06 bits per heavy atom. The second-order valence-corrected chi connectivity index (χ2v) is 6.17. The zero-order valence-electron chi connectivity index (χ0n) is 11.0. The van der Waals surface area contributed by atoms with E-state index in [1.165, 1.54) is 37.7 Å². The van der Waals surface area contributed by atoms with Crippen molar-refractivity contribution in [3.8, 4) is 0 Å². The van der Waals surface area contributed by atoms with Crippen molar-refractivity contribution < 1.29 is 0 Å². The minimum absolute atomic E-state index is 0.507. The molecule has 1 aromatic carbocycles. The molecule has 1 nitrogen and oxygen atoms in total. The number of benzene rings is 1. The highest BCUT2D eigenvalue weighted by Gasteiger charge is 2.44. The van der Waals surface area contributed by atoms with E-state index in [9.17, 15) is 0 Å². The maximum Gasteiger partial charge on any atom is 0.0372 e. The van der Waals surface area contributed by atoms with Gasteiger partial charge in [-0.05, 0) is 55.2 Å². The van der Waals surface area contributed by atoms with E-state index < -0.39 is 0 Å². The summed E-state index contributed by atoms with van der Waals surface area (Å²) in [6.07, 6.45) is 6.94. The Balaban J connectivity index is 1.85. The van der Waals surface area contributed by atoms with Crippen LogP contribution >= 0.6 is 0 Å². The van der Waals surface area contributed by atoms with E-state index in [1.54, 1.807) is 5.56 Å². The molecule has 2 saturated carbocycles. The molecule has 0 amide bonds. The lowest BCUT2D eigenvalue weighted by Gasteiger charge is -2.28. The summed E-state index contributed by atoms with van der Waals surface area (Å²) in [5, 5.41) is 3.52. The topological polar surface area (TPSA) is 12.0 Å². The monoisotopic (exact) mass is 229 g/mol. The number of hydrogen-bond donors (Lipinski definition) is 1. The maximum atomic E-state index is 3.52. The standard InChI is InChI=1S/C16H23N/c1-16(9-10-16)15(17-2)14-8-4-7-13(11-14)12-5-3-6-12/h4,7-8,11-12,15,17H,3,5-6,9-10H2,1-2H3. The molecular formula is C16H23N. The van der Waals surface area contributed by atoms with Crippen LogP contribution in [0.1, 0.15) is 62.1 Å². The van der Waals surface area contributed by atoms with Crippen LogP contribution in [-0.2, 0) is 0 Å². The van der Waals surface area contributed by atoms with Gasteiger partial charge in [0, 0.05) is 6.04 Å². The molecular weight excluding hydrogens is 206 g/mol. The minimum Gasteiger partial charge on any atom is -0.313 e. The van der Waals surface area contributed by atoms with Crippen molar-refractivity contribution in [3.05, 3.63) is 35.4 Å². The molecule has 0 saturated heterocycles. The summed E-state index contributed by atoms with van der Waals surface area (Å²) >= 11 is 0. The molecule has 3 rings (SSSR count). The third-order valence-electron chi connectivity index (χ3n) is 4.84. The Kier molecular flexibility index (Phi) is 2.74. The number of hydrogen-bond acceptors (Lipinski definition) is 1. The molecule has 1 atom stereocenters. The lowest BCUT2D eigenvalue weighted by Crippen LogP contribution is -2.24. The van der Waals surface area contributed by atoms with Crippen molar-refractivity contribution in [2.24, 2.45) is 5.41 Å². The van der Waals surface area contributed by atoms with Crippen LogP contribution in [0.2, 0.25) is 0 Å². The van der Waals surface area contributed by atoms with E-state index in [0.717, 1.165) is 5.92 Å². The van der Waals surface area contributed by atoms with Gasteiger partial charge in [-0.2, -0.15) is 0 Å². The summed E-state index contributed by atoms with van der Waals surface area (Å²) in [6.45, 7) is 2.41. The van der Waals surface area contributed by atoms with E-state index >= 15 is 0 Å². The first-order valence-electron chi connectivity index (χ1n) is 7.00. The third kappa shape index (κ3) is 2.01. The average molecular weight is 229 g/mol. The van der Waals surface area contributed by atoms with Gasteiger partial charge in [-0.3, -0.25) is 0 Å². The van der Waals surface area contributed by atoms with Crippen molar-refractivity contribution in [2.45, 2.75) is 51.0 Å². The van der Waals surface area contributed by atoms with Gasteiger partial charge in [-0.1, -0.05) is 37.6 Å². The van der Waals surface area contributed by atoms with Crippen LogP contribution in [0.5, 0.6) is 0 Å². The fraction of sp³-hybridized carbons (Fsp3) is 0.625. The van der Waals surface area contributed by atoms with Gasteiger partial charge in [-0.25, -0.2) is 0 Å². The Hall–Kier alpha value is -0.820. The van der Waals surface area contributed by atoms with E-state index in [2.05, 4.69) is 43.6 Å². The van der Waals surface area contributed by atoms with Gasteiger partial charge in [0.2, 0.25) is 0 Å². The molecule has 1 N–H and O–H groups in total. The summed E-state index contributed by atoms with van der Waals surface area (Å²) in [6, 6.07) is 9.86. The predicted octanol–water partition coefficient (Wildman–Crippen LogP) is 4.01. The zero-order valence-corrected chi connectivity index (χ0v) is 11.0. The second kappa shape index (κ2) is 4.13. The number of rotatable bonds is 4. The van der Waals surface area contributed by atoms with Gasteiger partial charge in [0.1, 0.15) is 0 Å². The summed E-state index contributed by atoms with van der Waals surface area (Å²) in [5.74, 6) is 0.847. The fourth-order valence-electron chi connectivity index (χ4n) is 3.14. The van der Waals surface area contributed by atoms with Crippen LogP contribution in [0.4, 0.5) is 0 Å². The summed E-state index contributed by atoms with van der Waals surface area (Å²) in [5.41, 5.74) is 3.57. The largest absolute Gasteiger partial charge is 0.313 e. The van der Waals surface area contributed by atoms with Gasteiger partial charge >= 0.3 is 0 Å². The number of nitrogens with one attached hydrogen (secondary N) is 1. The summed E-state index contributed by atoms with van der Waals surface area (Å²) in [4.78, 5) is 0. The first kappa shape index (κ1) is 11.3. The van der Waals surface area contributed by atoms with Crippen LogP contribution < -0.4 is 5.32 Å². The molecule has 2 aliphatic rings. The van der Waals surface area contributed by atoms with Gasteiger partial charge in [0.25, 0.3) is 0 Å². The highest BCUT2D eigenvalue weighted by molar-refractivity contribution is 5.31. The molecule has 2 fully saturated rings. The van der Waals surface area contributed by atoms with Gasteiger partial charge < -0.3 is 5.32 Å². The third-order valence-corrected chi connectivity index (χ3v) is 4.84. The average Bonchev–Trinajstić information content (AvgIpc) is 2.96. The zero-order chi connectivity index (χ0) is 11.9. The molecule has 1 heteroatoms. The highest BCUT2D eigenvalue weighted by Crippen LogP contribution is 2.54. The van der Waals surface area contributed by atoms with Crippen LogP contribution in [0, 0.1) is 5.41 Å². The van der Waals surface area contributed by atoms with Crippen molar-refractivity contribution in [1.29, 1.82) is 0 Å². The molecule has 92 valence electrons. The van der Waals surface area contributed by atoms with Crippen LogP contribution in [0.15, 0.2) is 24.3 Å². The highest BCUT2D eigenvalue weighted by atomic mass is 14.9. The fourth-order valence-corrected chi connectivity index (χ4v) is 3.14. The molecule has 0 aromatic heterocycles. The first-order chi connectivity index (χ1) is 8.23. The van der Waals surface area contributed by atoms with E-state index in [4.69, 9.17) is 0 Å². The van der Waals surface area contributed by atoms with Crippen LogP contribution in [-0.4, -0.2) is 7.05 Å². The quantitative estimate of drug-likeness (QED) is 0.822. The Bertz CT molecular complexity index is 402.